The molecule has 6 heteroatoms. The van der Waals surface area contributed by atoms with Gasteiger partial charge in [-0.15, -0.1) is 0 Å². The lowest BCUT2D eigenvalue weighted by Crippen LogP contribution is -1.99. The number of hydrogen-bond acceptors (Lipinski definition) is 5. The fraction of sp³-hybridized carbons (Fsp3) is 0.250. The maximum atomic E-state index is 4.45. The molecule has 2 N–H and O–H groups in total. The molecule has 0 aromatic carbocycles. The predicted octanol–water partition coefficient (Wildman–Crippen LogP) is 2.90. The molecule has 0 fully saturated rings. The number of hydrogen-bond donors (Lipinski definition) is 2. The van der Waals surface area contributed by atoms with Gasteiger partial charge in [-0.1, -0.05) is 6.92 Å². The van der Waals surface area contributed by atoms with Crippen LogP contribution in [0.25, 0.3) is 11.0 Å². The van der Waals surface area contributed by atoms with E-state index in [4.69, 9.17) is 0 Å². The van der Waals surface area contributed by atoms with Gasteiger partial charge in [-0.05, 0) is 25.0 Å². The van der Waals surface area contributed by atoms with Crippen LogP contribution in [0, 0.1) is 6.92 Å². The molecule has 6 nitrogen and oxygen atoms in total. The molecule has 0 amide bonds. The van der Waals surface area contributed by atoms with Crippen LogP contribution in [-0.4, -0.2) is 26.2 Å². The minimum Gasteiger partial charge on any atom is -0.343 e. The topological polar surface area (TPSA) is 78.9 Å². The standard InChI is InChI=1S/C16H16N6/c1-3-12-9(2)14-15(21-12)19-8-20-16(14)22-13-4-10-5-17-6-11(10)7-18-13/h4-5,7-8H,3,6H2,1-2H3,(H2,18,19,20,21,22). The van der Waals surface area contributed by atoms with Crippen molar-refractivity contribution in [3.05, 3.63) is 41.0 Å². The number of anilines is 2. The first-order valence-electron chi connectivity index (χ1n) is 7.34. The summed E-state index contributed by atoms with van der Waals surface area (Å²) in [4.78, 5) is 20.8. The number of H-pyrrole nitrogens is 1. The number of rotatable bonds is 3. The Morgan fingerprint density at radius 2 is 2.18 bits per heavy atom. The molecule has 0 saturated carbocycles. The molecule has 3 aromatic rings. The van der Waals surface area contributed by atoms with Crippen LogP contribution >= 0.6 is 0 Å². The van der Waals surface area contributed by atoms with E-state index in [1.165, 1.54) is 11.3 Å². The van der Waals surface area contributed by atoms with Crippen LogP contribution in [0.15, 0.2) is 23.6 Å². The van der Waals surface area contributed by atoms with E-state index in [-0.39, 0.29) is 0 Å². The first-order chi connectivity index (χ1) is 10.8. The van der Waals surface area contributed by atoms with E-state index in [2.05, 4.69) is 44.1 Å². The van der Waals surface area contributed by atoms with Gasteiger partial charge < -0.3 is 10.3 Å². The predicted molar refractivity (Wildman–Crippen MR) is 86.8 cm³/mol. The minimum absolute atomic E-state index is 0.719. The van der Waals surface area contributed by atoms with Crippen molar-refractivity contribution in [1.29, 1.82) is 0 Å². The van der Waals surface area contributed by atoms with E-state index in [9.17, 15) is 0 Å². The van der Waals surface area contributed by atoms with E-state index < -0.39 is 0 Å². The zero-order chi connectivity index (χ0) is 15.1. The molecule has 22 heavy (non-hydrogen) atoms. The van der Waals surface area contributed by atoms with Crippen LogP contribution in [0.4, 0.5) is 11.6 Å². The SMILES string of the molecule is CCc1[nH]c2ncnc(Nc3cc4c(cn3)CN=C4)c2c1C. The average Bonchev–Trinajstić information content (AvgIpc) is 3.12. The molecular formula is C16H16N6. The number of nitrogens with one attached hydrogen (secondary N) is 2. The third-order valence-electron chi connectivity index (χ3n) is 4.06. The Kier molecular flexibility index (Phi) is 2.89. The summed E-state index contributed by atoms with van der Waals surface area (Å²) in [5.74, 6) is 1.55. The Bertz CT molecular complexity index is 893. The van der Waals surface area contributed by atoms with Gasteiger partial charge in [0.15, 0.2) is 0 Å². The van der Waals surface area contributed by atoms with Gasteiger partial charge in [0.25, 0.3) is 0 Å². The third-order valence-corrected chi connectivity index (χ3v) is 4.06. The van der Waals surface area contributed by atoms with E-state index in [0.29, 0.717) is 0 Å². The van der Waals surface area contributed by atoms with Crippen molar-refractivity contribution in [1.82, 2.24) is 19.9 Å². The van der Waals surface area contributed by atoms with E-state index in [1.54, 1.807) is 6.33 Å². The number of fused-ring (bicyclic) bond motifs is 2. The quantitative estimate of drug-likeness (QED) is 0.778. The highest BCUT2D eigenvalue weighted by Gasteiger charge is 2.14. The number of aryl methyl sites for hydroxylation is 2. The summed E-state index contributed by atoms with van der Waals surface area (Å²) in [6, 6.07) is 2.00. The van der Waals surface area contributed by atoms with E-state index in [1.807, 2.05) is 18.5 Å². The summed E-state index contributed by atoms with van der Waals surface area (Å²) in [5, 5.41) is 4.33. The Hall–Kier alpha value is -2.76. The largest absolute Gasteiger partial charge is 0.343 e. The molecule has 4 rings (SSSR count). The average molecular weight is 292 g/mol. The molecule has 3 aromatic heterocycles. The molecule has 110 valence electrons. The van der Waals surface area contributed by atoms with Gasteiger partial charge in [0.1, 0.15) is 23.6 Å². The molecule has 0 saturated heterocycles. The fourth-order valence-corrected chi connectivity index (χ4v) is 2.86. The van der Waals surface area contributed by atoms with Crippen LogP contribution in [0.5, 0.6) is 0 Å². The van der Waals surface area contributed by atoms with Gasteiger partial charge in [-0.25, -0.2) is 15.0 Å². The second-order valence-corrected chi connectivity index (χ2v) is 5.39. The summed E-state index contributed by atoms with van der Waals surface area (Å²) < 4.78 is 0. The molecule has 0 radical (unpaired) electrons. The van der Waals surface area contributed by atoms with Crippen molar-refractivity contribution in [3.8, 4) is 0 Å². The van der Waals surface area contributed by atoms with Gasteiger partial charge in [-0.2, -0.15) is 0 Å². The third kappa shape index (κ3) is 1.95. The van der Waals surface area contributed by atoms with Crippen LogP contribution < -0.4 is 5.32 Å². The number of pyridine rings is 1. The van der Waals surface area contributed by atoms with Crippen molar-refractivity contribution >= 4 is 28.9 Å². The number of aliphatic imine (C=N–C) groups is 1. The van der Waals surface area contributed by atoms with E-state index >= 15 is 0 Å². The monoisotopic (exact) mass is 292 g/mol. The molecule has 0 spiro atoms. The van der Waals surface area contributed by atoms with Crippen molar-refractivity contribution < 1.29 is 0 Å². The zero-order valence-corrected chi connectivity index (χ0v) is 12.5. The molecular weight excluding hydrogens is 276 g/mol. The smallest absolute Gasteiger partial charge is 0.144 e. The van der Waals surface area contributed by atoms with Crippen LogP contribution in [0.1, 0.15) is 29.3 Å². The second kappa shape index (κ2) is 4.91. The summed E-state index contributed by atoms with van der Waals surface area (Å²) in [5.41, 5.74) is 5.50. The van der Waals surface area contributed by atoms with Crippen LogP contribution in [-0.2, 0) is 13.0 Å². The Balaban J connectivity index is 1.78. The first-order valence-corrected chi connectivity index (χ1v) is 7.34. The Morgan fingerprint density at radius 1 is 1.27 bits per heavy atom. The lowest BCUT2D eigenvalue weighted by Gasteiger charge is -2.07. The molecule has 4 heterocycles. The highest BCUT2D eigenvalue weighted by atomic mass is 15.1. The molecule has 0 aliphatic carbocycles. The number of nitrogens with zero attached hydrogens (tertiary/aromatic N) is 4. The number of aromatic nitrogens is 4. The zero-order valence-electron chi connectivity index (χ0n) is 12.5. The van der Waals surface area contributed by atoms with Gasteiger partial charge >= 0.3 is 0 Å². The lowest BCUT2D eigenvalue weighted by atomic mass is 10.1. The fourth-order valence-electron chi connectivity index (χ4n) is 2.86. The van der Waals surface area contributed by atoms with Crippen molar-refractivity contribution in [2.75, 3.05) is 5.32 Å². The minimum atomic E-state index is 0.719. The Labute approximate surface area is 127 Å². The number of aromatic amines is 1. The maximum Gasteiger partial charge on any atom is 0.144 e. The van der Waals surface area contributed by atoms with E-state index in [0.717, 1.165) is 46.8 Å². The molecule has 0 unspecified atom stereocenters. The van der Waals surface area contributed by atoms with Gasteiger partial charge in [0, 0.05) is 29.2 Å². The lowest BCUT2D eigenvalue weighted by molar-refractivity contribution is 1.05. The van der Waals surface area contributed by atoms with Crippen molar-refractivity contribution in [3.63, 3.8) is 0 Å². The van der Waals surface area contributed by atoms with Crippen molar-refractivity contribution in [2.45, 2.75) is 26.8 Å². The van der Waals surface area contributed by atoms with Gasteiger partial charge in [-0.3, -0.25) is 4.99 Å². The summed E-state index contributed by atoms with van der Waals surface area (Å²) in [6.07, 6.45) is 6.25. The summed E-state index contributed by atoms with van der Waals surface area (Å²) in [7, 11) is 0. The van der Waals surface area contributed by atoms with Crippen LogP contribution in [0.2, 0.25) is 0 Å². The normalized spacial score (nSPS) is 12.8. The second-order valence-electron chi connectivity index (χ2n) is 5.39. The first kappa shape index (κ1) is 12.9. The van der Waals surface area contributed by atoms with Crippen molar-refractivity contribution in [2.24, 2.45) is 4.99 Å². The molecule has 0 atom stereocenters. The highest BCUT2D eigenvalue weighted by molar-refractivity contribution is 5.93. The van der Waals surface area contributed by atoms with Gasteiger partial charge in [0.2, 0.25) is 0 Å². The molecule has 1 aliphatic rings. The molecule has 1 aliphatic heterocycles. The van der Waals surface area contributed by atoms with Crippen LogP contribution in [0.3, 0.4) is 0 Å². The Morgan fingerprint density at radius 3 is 3.05 bits per heavy atom. The highest BCUT2D eigenvalue weighted by Crippen LogP contribution is 2.28. The summed E-state index contributed by atoms with van der Waals surface area (Å²) in [6.45, 7) is 4.94. The van der Waals surface area contributed by atoms with Gasteiger partial charge in [0.05, 0.1) is 11.9 Å². The summed E-state index contributed by atoms with van der Waals surface area (Å²) >= 11 is 0. The molecule has 0 bridgehead atoms. The maximum absolute atomic E-state index is 4.45.